The Morgan fingerprint density at radius 3 is 2.86 bits per heavy atom. The number of ether oxygens (including phenoxy) is 2. The van der Waals surface area contributed by atoms with Crippen LogP contribution in [0.3, 0.4) is 0 Å². The van der Waals surface area contributed by atoms with Gasteiger partial charge in [-0.3, -0.25) is 4.79 Å². The first-order valence-corrected chi connectivity index (χ1v) is 7.36. The van der Waals surface area contributed by atoms with Crippen molar-refractivity contribution in [3.63, 3.8) is 0 Å². The molecule has 0 saturated carbocycles. The Hall–Kier alpha value is -1.85. The van der Waals surface area contributed by atoms with Crippen LogP contribution in [0.15, 0.2) is 30.3 Å². The van der Waals surface area contributed by atoms with Crippen LogP contribution >= 0.6 is 0 Å². The molecule has 0 unspecified atom stereocenters. The normalized spacial score (nSPS) is 22.0. The van der Waals surface area contributed by atoms with E-state index in [9.17, 15) is 9.90 Å². The third-order valence-corrected chi connectivity index (χ3v) is 4.07. The first-order chi connectivity index (χ1) is 10.6. The molecule has 1 fully saturated rings. The highest BCUT2D eigenvalue weighted by molar-refractivity contribution is 5.95. The molecule has 5 nitrogen and oxygen atoms in total. The van der Waals surface area contributed by atoms with E-state index in [2.05, 4.69) is 0 Å². The number of amides is 1. The van der Waals surface area contributed by atoms with Crippen molar-refractivity contribution >= 4 is 11.5 Å². The molecule has 0 radical (unpaired) electrons. The van der Waals surface area contributed by atoms with Crippen LogP contribution in [0, 0.1) is 0 Å². The Morgan fingerprint density at radius 1 is 1.45 bits per heavy atom. The Morgan fingerprint density at radius 2 is 2.23 bits per heavy atom. The molecule has 1 aromatic carbocycles. The van der Waals surface area contributed by atoms with Gasteiger partial charge in [0.25, 0.3) is 0 Å². The molecule has 2 atom stereocenters. The standard InChI is InChI=1S/C17H23NO4/c1-12(13-5-4-6-15(8-13)21-2)7-17(20)18-10-16(22-3)9-14(18)11-19/h4-8,14,16,19H,9-11H2,1-3H3/b12-7+/t14-,16+/m0/s1. The van der Waals surface area contributed by atoms with Crippen molar-refractivity contribution in [1.82, 2.24) is 4.90 Å². The van der Waals surface area contributed by atoms with Gasteiger partial charge in [0.05, 0.1) is 25.9 Å². The van der Waals surface area contributed by atoms with Crippen LogP contribution in [0.5, 0.6) is 5.75 Å². The molecular weight excluding hydrogens is 282 g/mol. The third kappa shape index (κ3) is 3.67. The summed E-state index contributed by atoms with van der Waals surface area (Å²) in [7, 11) is 3.24. The predicted molar refractivity (Wildman–Crippen MR) is 84.6 cm³/mol. The van der Waals surface area contributed by atoms with E-state index in [1.165, 1.54) is 0 Å². The Balaban J connectivity index is 2.14. The topological polar surface area (TPSA) is 59.0 Å². The fourth-order valence-corrected chi connectivity index (χ4v) is 2.71. The summed E-state index contributed by atoms with van der Waals surface area (Å²) in [4.78, 5) is 14.1. The Bertz CT molecular complexity index is 555. The number of benzene rings is 1. The number of hydrogen-bond acceptors (Lipinski definition) is 4. The molecule has 1 aromatic rings. The molecule has 120 valence electrons. The number of nitrogens with zero attached hydrogens (tertiary/aromatic N) is 1. The highest BCUT2D eigenvalue weighted by Gasteiger charge is 2.34. The minimum absolute atomic E-state index is 0.00775. The van der Waals surface area contributed by atoms with Gasteiger partial charge in [0.1, 0.15) is 5.75 Å². The zero-order chi connectivity index (χ0) is 16.1. The number of likely N-dealkylation sites (tertiary alicyclic amines) is 1. The van der Waals surface area contributed by atoms with E-state index in [0.29, 0.717) is 13.0 Å². The maximum Gasteiger partial charge on any atom is 0.247 e. The average Bonchev–Trinajstić information content (AvgIpc) is 2.98. The third-order valence-electron chi connectivity index (χ3n) is 4.07. The van der Waals surface area contributed by atoms with Crippen LogP contribution in [0.2, 0.25) is 0 Å². The number of rotatable bonds is 5. The first-order valence-electron chi connectivity index (χ1n) is 7.36. The van der Waals surface area contributed by atoms with E-state index in [1.54, 1.807) is 25.2 Å². The fraction of sp³-hybridized carbons (Fsp3) is 0.471. The number of methoxy groups -OCH3 is 2. The first kappa shape index (κ1) is 16.5. The van der Waals surface area contributed by atoms with Crippen LogP contribution in [-0.2, 0) is 9.53 Å². The van der Waals surface area contributed by atoms with Gasteiger partial charge in [0.2, 0.25) is 5.91 Å². The average molecular weight is 305 g/mol. The van der Waals surface area contributed by atoms with E-state index in [0.717, 1.165) is 16.9 Å². The summed E-state index contributed by atoms with van der Waals surface area (Å²) in [5.41, 5.74) is 1.80. The fourth-order valence-electron chi connectivity index (χ4n) is 2.71. The highest BCUT2D eigenvalue weighted by atomic mass is 16.5. The molecule has 0 bridgehead atoms. The van der Waals surface area contributed by atoms with Crippen molar-refractivity contribution in [3.8, 4) is 5.75 Å². The number of aliphatic hydroxyl groups excluding tert-OH is 1. The summed E-state index contributed by atoms with van der Waals surface area (Å²) in [6.45, 7) is 2.37. The zero-order valence-corrected chi connectivity index (χ0v) is 13.3. The SMILES string of the molecule is COc1cccc(/C(C)=C/C(=O)N2C[C@H](OC)C[C@H]2CO)c1. The van der Waals surface area contributed by atoms with Gasteiger partial charge in [-0.25, -0.2) is 0 Å². The lowest BCUT2D eigenvalue weighted by Crippen LogP contribution is -2.37. The number of carbonyl (C=O) groups is 1. The molecule has 5 heteroatoms. The maximum atomic E-state index is 12.5. The van der Waals surface area contributed by atoms with E-state index in [-0.39, 0.29) is 24.7 Å². The van der Waals surface area contributed by atoms with Gasteiger partial charge in [-0.2, -0.15) is 0 Å². The summed E-state index contributed by atoms with van der Waals surface area (Å²) in [5.74, 6) is 0.658. The molecule has 0 spiro atoms. The van der Waals surface area contributed by atoms with Gasteiger partial charge >= 0.3 is 0 Å². The van der Waals surface area contributed by atoms with Crippen molar-refractivity contribution in [2.45, 2.75) is 25.5 Å². The number of aliphatic hydroxyl groups is 1. The molecule has 1 heterocycles. The number of hydrogen-bond donors (Lipinski definition) is 1. The second kappa shape index (κ2) is 7.42. The summed E-state index contributed by atoms with van der Waals surface area (Å²) < 4.78 is 10.5. The van der Waals surface area contributed by atoms with Crippen LogP contribution in [-0.4, -0.2) is 55.4 Å². The molecule has 1 N–H and O–H groups in total. The molecule has 0 aromatic heterocycles. The number of carbonyl (C=O) groups excluding carboxylic acids is 1. The zero-order valence-electron chi connectivity index (χ0n) is 13.3. The molecule has 1 saturated heterocycles. The second-order valence-corrected chi connectivity index (χ2v) is 5.48. The van der Waals surface area contributed by atoms with Gasteiger partial charge in [-0.05, 0) is 36.6 Å². The summed E-state index contributed by atoms with van der Waals surface area (Å²) in [5, 5.41) is 9.43. The summed E-state index contributed by atoms with van der Waals surface area (Å²) >= 11 is 0. The second-order valence-electron chi connectivity index (χ2n) is 5.48. The van der Waals surface area contributed by atoms with Gasteiger partial charge in [-0.1, -0.05) is 12.1 Å². The summed E-state index contributed by atoms with van der Waals surface area (Å²) in [6, 6.07) is 7.41. The van der Waals surface area contributed by atoms with Crippen molar-refractivity contribution in [3.05, 3.63) is 35.9 Å². The summed E-state index contributed by atoms with van der Waals surface area (Å²) in [6.07, 6.45) is 2.27. The lowest BCUT2D eigenvalue weighted by molar-refractivity contribution is -0.127. The van der Waals surface area contributed by atoms with Crippen molar-refractivity contribution in [2.75, 3.05) is 27.4 Å². The number of allylic oxidation sites excluding steroid dienone is 1. The van der Waals surface area contributed by atoms with Gasteiger partial charge in [-0.15, -0.1) is 0 Å². The van der Waals surface area contributed by atoms with Crippen LogP contribution in [0.25, 0.3) is 5.57 Å². The highest BCUT2D eigenvalue weighted by Crippen LogP contribution is 2.23. The van der Waals surface area contributed by atoms with E-state index < -0.39 is 0 Å². The predicted octanol–water partition coefficient (Wildman–Crippen LogP) is 1.71. The van der Waals surface area contributed by atoms with E-state index in [4.69, 9.17) is 9.47 Å². The monoisotopic (exact) mass is 305 g/mol. The smallest absolute Gasteiger partial charge is 0.247 e. The molecule has 1 aliphatic rings. The van der Waals surface area contributed by atoms with Gasteiger partial charge < -0.3 is 19.5 Å². The minimum atomic E-state index is -0.174. The van der Waals surface area contributed by atoms with Crippen molar-refractivity contribution in [2.24, 2.45) is 0 Å². The van der Waals surface area contributed by atoms with E-state index >= 15 is 0 Å². The molecule has 2 rings (SSSR count). The maximum absolute atomic E-state index is 12.5. The van der Waals surface area contributed by atoms with Gasteiger partial charge in [0.15, 0.2) is 0 Å². The Kier molecular flexibility index (Phi) is 5.57. The largest absolute Gasteiger partial charge is 0.497 e. The molecule has 1 amide bonds. The molecule has 0 aliphatic carbocycles. The molecule has 1 aliphatic heterocycles. The van der Waals surface area contributed by atoms with E-state index in [1.807, 2.05) is 31.2 Å². The van der Waals surface area contributed by atoms with Crippen LogP contribution < -0.4 is 4.74 Å². The van der Waals surface area contributed by atoms with Crippen molar-refractivity contribution in [1.29, 1.82) is 0 Å². The molecule has 22 heavy (non-hydrogen) atoms. The lowest BCUT2D eigenvalue weighted by atomic mass is 10.1. The lowest BCUT2D eigenvalue weighted by Gasteiger charge is -2.21. The Labute approximate surface area is 131 Å². The molecular formula is C17H23NO4. The van der Waals surface area contributed by atoms with Crippen LogP contribution in [0.4, 0.5) is 0 Å². The van der Waals surface area contributed by atoms with Gasteiger partial charge in [0, 0.05) is 19.7 Å². The van der Waals surface area contributed by atoms with Crippen molar-refractivity contribution < 1.29 is 19.4 Å². The quantitative estimate of drug-likeness (QED) is 0.841. The van der Waals surface area contributed by atoms with Crippen LogP contribution in [0.1, 0.15) is 18.9 Å². The minimum Gasteiger partial charge on any atom is -0.497 e.